The Morgan fingerprint density at radius 3 is 2.48 bits per heavy atom. The molecule has 0 spiro atoms. The fourth-order valence-corrected chi connectivity index (χ4v) is 1.76. The minimum atomic E-state index is 0.357. The molecule has 0 unspecified atom stereocenters. The number of nitrogens with zero attached hydrogens (tertiary/aromatic N) is 2. The standard InChI is InChI=1S/C15H13ClN4S/c16-13-8-6-12(7-9-13)10-18-19-11-17-15(21)20-14-4-2-1-3-5-14/h1-11H,(H2,17,19,20,21). The van der Waals surface area contributed by atoms with E-state index in [2.05, 4.69) is 20.8 Å². The molecule has 0 saturated carbocycles. The van der Waals surface area contributed by atoms with Crippen LogP contribution >= 0.6 is 23.8 Å². The fourth-order valence-electron chi connectivity index (χ4n) is 1.46. The zero-order chi connectivity index (χ0) is 14.9. The van der Waals surface area contributed by atoms with Gasteiger partial charge in [0.2, 0.25) is 0 Å². The molecule has 0 aromatic heterocycles. The maximum absolute atomic E-state index is 5.79. The molecule has 0 fully saturated rings. The van der Waals surface area contributed by atoms with Crippen LogP contribution in [0.4, 0.5) is 5.69 Å². The first-order chi connectivity index (χ1) is 10.2. The van der Waals surface area contributed by atoms with Crippen molar-refractivity contribution in [3.63, 3.8) is 0 Å². The zero-order valence-corrected chi connectivity index (χ0v) is 12.6. The molecule has 2 aromatic rings. The Balaban J connectivity index is 1.77. The van der Waals surface area contributed by atoms with E-state index < -0.39 is 0 Å². The monoisotopic (exact) mass is 316 g/mol. The minimum Gasteiger partial charge on any atom is -0.331 e. The number of hydrogen-bond acceptors (Lipinski definition) is 2. The van der Waals surface area contributed by atoms with Gasteiger partial charge in [-0.1, -0.05) is 41.9 Å². The van der Waals surface area contributed by atoms with Crippen LogP contribution in [-0.2, 0) is 0 Å². The lowest BCUT2D eigenvalue weighted by Crippen LogP contribution is -2.10. The van der Waals surface area contributed by atoms with Gasteiger partial charge in [-0.15, -0.1) is 0 Å². The molecule has 0 atom stereocenters. The number of aliphatic imine (C=N–C) groups is 1. The second-order valence-corrected chi connectivity index (χ2v) is 4.82. The van der Waals surface area contributed by atoms with Crippen LogP contribution in [0.2, 0.25) is 5.02 Å². The SMILES string of the molecule is S=C(N=CNN=Cc1ccc(Cl)cc1)Nc1ccccc1. The van der Waals surface area contributed by atoms with E-state index in [1.807, 2.05) is 42.5 Å². The summed E-state index contributed by atoms with van der Waals surface area (Å²) < 4.78 is 0. The topological polar surface area (TPSA) is 48.8 Å². The highest BCUT2D eigenvalue weighted by molar-refractivity contribution is 7.80. The van der Waals surface area contributed by atoms with Gasteiger partial charge in [-0.3, -0.25) is 5.43 Å². The first-order valence-corrected chi connectivity index (χ1v) is 6.95. The van der Waals surface area contributed by atoms with Crippen molar-refractivity contribution < 1.29 is 0 Å². The summed E-state index contributed by atoms with van der Waals surface area (Å²) in [7, 11) is 0. The molecular formula is C15H13ClN4S. The van der Waals surface area contributed by atoms with Gasteiger partial charge in [-0.25, -0.2) is 4.99 Å². The molecule has 106 valence electrons. The van der Waals surface area contributed by atoms with Crippen LogP contribution in [0, 0.1) is 0 Å². The van der Waals surface area contributed by atoms with Crippen molar-refractivity contribution in [1.29, 1.82) is 0 Å². The predicted octanol–water partition coefficient (Wildman–Crippen LogP) is 3.69. The van der Waals surface area contributed by atoms with E-state index >= 15 is 0 Å². The van der Waals surface area contributed by atoms with Crippen LogP contribution in [0.15, 0.2) is 64.7 Å². The molecule has 0 bridgehead atoms. The van der Waals surface area contributed by atoms with E-state index in [0.29, 0.717) is 10.1 Å². The number of para-hydroxylation sites is 1. The van der Waals surface area contributed by atoms with Crippen molar-refractivity contribution >= 4 is 47.2 Å². The lowest BCUT2D eigenvalue weighted by Gasteiger charge is -2.02. The third-order valence-electron chi connectivity index (χ3n) is 2.42. The highest BCUT2D eigenvalue weighted by atomic mass is 35.5. The van der Waals surface area contributed by atoms with Gasteiger partial charge in [0, 0.05) is 10.7 Å². The number of rotatable bonds is 4. The molecule has 6 heteroatoms. The summed E-state index contributed by atoms with van der Waals surface area (Å²) in [6, 6.07) is 16.9. The van der Waals surface area contributed by atoms with Gasteiger partial charge >= 0.3 is 0 Å². The number of benzene rings is 2. The summed E-state index contributed by atoms with van der Waals surface area (Å²) >= 11 is 10.9. The first kappa shape index (κ1) is 15.2. The number of thiocarbonyl (C=S) groups is 1. The van der Waals surface area contributed by atoms with Gasteiger partial charge in [0.1, 0.15) is 6.34 Å². The fraction of sp³-hybridized carbons (Fsp3) is 0. The Hall–Kier alpha value is -2.24. The molecular weight excluding hydrogens is 304 g/mol. The molecule has 0 saturated heterocycles. The van der Waals surface area contributed by atoms with Gasteiger partial charge < -0.3 is 5.32 Å². The van der Waals surface area contributed by atoms with E-state index in [4.69, 9.17) is 23.8 Å². The predicted molar refractivity (Wildman–Crippen MR) is 93.3 cm³/mol. The summed E-state index contributed by atoms with van der Waals surface area (Å²) in [6.07, 6.45) is 3.08. The van der Waals surface area contributed by atoms with Crippen molar-refractivity contribution in [3.05, 3.63) is 65.2 Å². The summed E-state index contributed by atoms with van der Waals surface area (Å²) in [4.78, 5) is 4.01. The Labute approximate surface area is 133 Å². The van der Waals surface area contributed by atoms with E-state index in [9.17, 15) is 0 Å². The van der Waals surface area contributed by atoms with Gasteiger partial charge in [0.05, 0.1) is 6.21 Å². The highest BCUT2D eigenvalue weighted by Gasteiger charge is 1.92. The highest BCUT2D eigenvalue weighted by Crippen LogP contribution is 2.07. The normalized spacial score (nSPS) is 10.9. The van der Waals surface area contributed by atoms with Gasteiger partial charge in [-0.05, 0) is 42.0 Å². The second-order valence-electron chi connectivity index (χ2n) is 3.99. The summed E-state index contributed by atoms with van der Waals surface area (Å²) in [5, 5.41) is 8.03. The number of anilines is 1. The Morgan fingerprint density at radius 1 is 1.05 bits per heavy atom. The van der Waals surface area contributed by atoms with Crippen molar-refractivity contribution in [1.82, 2.24) is 5.43 Å². The number of nitrogens with one attached hydrogen (secondary N) is 2. The second kappa shape index (κ2) is 8.14. The third kappa shape index (κ3) is 5.72. The van der Waals surface area contributed by atoms with E-state index in [0.717, 1.165) is 11.3 Å². The molecule has 2 aromatic carbocycles. The first-order valence-electron chi connectivity index (χ1n) is 6.17. The molecule has 0 aliphatic heterocycles. The van der Waals surface area contributed by atoms with Crippen LogP contribution < -0.4 is 10.7 Å². The molecule has 0 aliphatic rings. The summed E-state index contributed by atoms with van der Waals surface area (Å²) in [6.45, 7) is 0. The van der Waals surface area contributed by atoms with Crippen LogP contribution in [-0.4, -0.2) is 17.7 Å². The van der Waals surface area contributed by atoms with Crippen molar-refractivity contribution in [2.45, 2.75) is 0 Å². The number of hydrogen-bond donors (Lipinski definition) is 2. The van der Waals surface area contributed by atoms with Crippen LogP contribution in [0.1, 0.15) is 5.56 Å². The molecule has 2 N–H and O–H groups in total. The number of halogens is 1. The molecule has 0 radical (unpaired) electrons. The van der Waals surface area contributed by atoms with Crippen molar-refractivity contribution in [2.24, 2.45) is 10.1 Å². The average molecular weight is 317 g/mol. The van der Waals surface area contributed by atoms with Gasteiger partial charge in [0.25, 0.3) is 0 Å². The average Bonchev–Trinajstić information content (AvgIpc) is 2.50. The van der Waals surface area contributed by atoms with Crippen molar-refractivity contribution in [3.8, 4) is 0 Å². The minimum absolute atomic E-state index is 0.357. The van der Waals surface area contributed by atoms with Crippen LogP contribution in [0.3, 0.4) is 0 Å². The molecule has 4 nitrogen and oxygen atoms in total. The summed E-state index contributed by atoms with van der Waals surface area (Å²) in [5.41, 5.74) is 4.51. The van der Waals surface area contributed by atoms with Gasteiger partial charge in [-0.2, -0.15) is 5.10 Å². The molecule has 0 heterocycles. The molecule has 2 rings (SSSR count). The Morgan fingerprint density at radius 2 is 1.76 bits per heavy atom. The lowest BCUT2D eigenvalue weighted by molar-refractivity contribution is 1.06. The third-order valence-corrected chi connectivity index (χ3v) is 2.88. The molecule has 21 heavy (non-hydrogen) atoms. The zero-order valence-electron chi connectivity index (χ0n) is 11.0. The maximum Gasteiger partial charge on any atom is 0.198 e. The number of hydrazone groups is 1. The smallest absolute Gasteiger partial charge is 0.198 e. The lowest BCUT2D eigenvalue weighted by atomic mass is 10.2. The quantitative estimate of drug-likeness (QED) is 0.391. The molecule has 0 amide bonds. The Bertz CT molecular complexity index is 638. The largest absolute Gasteiger partial charge is 0.331 e. The van der Waals surface area contributed by atoms with E-state index in [1.54, 1.807) is 18.3 Å². The molecule has 0 aliphatic carbocycles. The van der Waals surface area contributed by atoms with Crippen LogP contribution in [0.5, 0.6) is 0 Å². The van der Waals surface area contributed by atoms with Crippen molar-refractivity contribution in [2.75, 3.05) is 5.32 Å². The Kier molecular flexibility index (Phi) is 5.87. The van der Waals surface area contributed by atoms with Gasteiger partial charge in [0.15, 0.2) is 5.11 Å². The van der Waals surface area contributed by atoms with E-state index in [-0.39, 0.29) is 0 Å². The summed E-state index contributed by atoms with van der Waals surface area (Å²) in [5.74, 6) is 0. The maximum atomic E-state index is 5.79. The van der Waals surface area contributed by atoms with Crippen LogP contribution in [0.25, 0.3) is 0 Å². The van der Waals surface area contributed by atoms with E-state index in [1.165, 1.54) is 6.34 Å².